The predicted molar refractivity (Wildman–Crippen MR) is 179 cm³/mol. The molecule has 0 aliphatic carbocycles. The third-order valence-corrected chi connectivity index (χ3v) is 7.27. The number of rotatable bonds is 19. The molecule has 48 heavy (non-hydrogen) atoms. The molecule has 0 aliphatic rings. The highest BCUT2D eigenvalue weighted by Crippen LogP contribution is 2.28. The average molecular weight is 681 g/mol. The number of nitrogens with one attached hydrogen (secondary N) is 3. The first-order valence-electron chi connectivity index (χ1n) is 15.8. The number of carbonyl (C=O) groups is 3. The van der Waals surface area contributed by atoms with Crippen molar-refractivity contribution >= 4 is 36.5 Å². The van der Waals surface area contributed by atoms with Crippen LogP contribution in [0.25, 0.3) is 0 Å². The van der Waals surface area contributed by atoms with Crippen LogP contribution in [0.15, 0.2) is 15.0 Å². The molecule has 0 heterocycles. The van der Waals surface area contributed by atoms with Crippen LogP contribution < -0.4 is 16.0 Å². The summed E-state index contributed by atoms with van der Waals surface area (Å²) in [5.41, 5.74) is -6.03. The van der Waals surface area contributed by atoms with Gasteiger partial charge >= 0.3 is 18.3 Å². The van der Waals surface area contributed by atoms with Crippen molar-refractivity contribution in [2.24, 2.45) is 20.4 Å². The molecule has 0 unspecified atom stereocenters. The van der Waals surface area contributed by atoms with Crippen molar-refractivity contribution in [3.8, 4) is 0 Å². The minimum absolute atomic E-state index is 0.264. The second kappa shape index (κ2) is 17.4. The Kier molecular flexibility index (Phi) is 15.9. The van der Waals surface area contributed by atoms with Crippen molar-refractivity contribution in [3.63, 3.8) is 0 Å². The largest absolute Gasteiger partial charge is 0.449 e. The van der Waals surface area contributed by atoms with Crippen LogP contribution in [0.5, 0.6) is 0 Å². The summed E-state index contributed by atoms with van der Waals surface area (Å²) < 4.78 is 16.7. The molecule has 0 aromatic rings. The molecule has 0 rings (SSSR count). The van der Waals surface area contributed by atoms with E-state index in [1.165, 1.54) is 0 Å². The molecule has 0 saturated carbocycles. The molecular weight excluding hydrogens is 624 g/mol. The number of aliphatic imine (C=N–C) groups is 3. The van der Waals surface area contributed by atoms with Gasteiger partial charge in [0.2, 0.25) is 18.2 Å². The number of amides is 3. The standard InChI is InChI=1S/C33H56N6O9/c1-14-33(18-46-24(43)37-30(8,9)15-27(2,3)34-21-40,19-47-25(44)38-31(10,11)16-28(4,5)35-22-41)20-48-26(45)39-32(12,13)17-29(6,7)36-23-42/h14-20H2,1-13H3,(H,37,43)(H,38,44)(H,39,45). The highest BCUT2D eigenvalue weighted by molar-refractivity contribution is 5.69. The number of hydrogen-bond acceptors (Lipinski definition) is 12. The summed E-state index contributed by atoms with van der Waals surface area (Å²) in [4.78, 5) is 82.6. The summed E-state index contributed by atoms with van der Waals surface area (Å²) in [5, 5.41) is 8.28. The molecule has 0 saturated heterocycles. The van der Waals surface area contributed by atoms with Crippen LogP contribution in [0.1, 0.15) is 116 Å². The Morgan fingerprint density at radius 2 is 0.729 bits per heavy atom. The summed E-state index contributed by atoms with van der Waals surface area (Å²) >= 11 is 0. The summed E-state index contributed by atoms with van der Waals surface area (Å²) in [7, 11) is 0. The highest BCUT2D eigenvalue weighted by atomic mass is 16.6. The minimum atomic E-state index is -1.16. The van der Waals surface area contributed by atoms with Crippen LogP contribution in [-0.2, 0) is 28.6 Å². The van der Waals surface area contributed by atoms with Crippen molar-refractivity contribution in [2.75, 3.05) is 19.8 Å². The Balaban J connectivity index is 5.92. The Morgan fingerprint density at radius 1 is 0.500 bits per heavy atom. The molecule has 0 aliphatic heterocycles. The molecule has 0 fully saturated rings. The Morgan fingerprint density at radius 3 is 0.917 bits per heavy atom. The molecule has 0 aromatic heterocycles. The summed E-state index contributed by atoms with van der Waals surface area (Å²) in [5.74, 6) is 0. The summed E-state index contributed by atoms with van der Waals surface area (Å²) in [6.45, 7) is 21.8. The molecule has 0 bridgehead atoms. The molecular formula is C33H56N6O9. The van der Waals surface area contributed by atoms with Crippen molar-refractivity contribution in [2.45, 2.75) is 149 Å². The lowest BCUT2D eigenvalue weighted by molar-refractivity contribution is -0.0209. The third kappa shape index (κ3) is 18.3. The number of ether oxygens (including phenoxy) is 3. The zero-order valence-electron chi connectivity index (χ0n) is 31.0. The molecule has 3 N–H and O–H groups in total. The molecule has 15 nitrogen and oxygen atoms in total. The van der Waals surface area contributed by atoms with E-state index >= 15 is 0 Å². The molecule has 0 aromatic carbocycles. The first-order chi connectivity index (χ1) is 21.7. The molecule has 3 amide bonds. The number of alkyl carbamates (subject to hydrolysis) is 3. The van der Waals surface area contributed by atoms with Crippen LogP contribution in [0, 0.1) is 5.41 Å². The van der Waals surface area contributed by atoms with Gasteiger partial charge in [-0.1, -0.05) is 6.92 Å². The van der Waals surface area contributed by atoms with Crippen LogP contribution in [0.3, 0.4) is 0 Å². The number of carbonyl (C=O) groups excluding carboxylic acids is 6. The van der Waals surface area contributed by atoms with Gasteiger partial charge in [-0.05, 0) is 109 Å². The van der Waals surface area contributed by atoms with Crippen LogP contribution in [0.2, 0.25) is 0 Å². The van der Waals surface area contributed by atoms with Crippen molar-refractivity contribution in [1.82, 2.24) is 16.0 Å². The van der Waals surface area contributed by atoms with Crippen molar-refractivity contribution in [1.29, 1.82) is 0 Å². The van der Waals surface area contributed by atoms with Crippen molar-refractivity contribution < 1.29 is 43.0 Å². The monoisotopic (exact) mass is 680 g/mol. The second-order valence-electron chi connectivity index (χ2n) is 16.2. The van der Waals surface area contributed by atoms with E-state index in [1.807, 2.05) is 0 Å². The Labute approximate surface area is 284 Å². The van der Waals surface area contributed by atoms with E-state index in [9.17, 15) is 28.8 Å². The maximum atomic E-state index is 12.9. The van der Waals surface area contributed by atoms with Gasteiger partial charge in [0.15, 0.2) is 0 Å². The lowest BCUT2D eigenvalue weighted by atomic mass is 9.87. The van der Waals surface area contributed by atoms with Gasteiger partial charge in [-0.15, -0.1) is 0 Å². The van der Waals surface area contributed by atoms with Gasteiger partial charge in [0.1, 0.15) is 19.8 Å². The van der Waals surface area contributed by atoms with Crippen LogP contribution in [0.4, 0.5) is 14.4 Å². The third-order valence-electron chi connectivity index (χ3n) is 7.27. The number of nitrogens with zero attached hydrogens (tertiary/aromatic N) is 3. The van der Waals surface area contributed by atoms with Crippen LogP contribution >= 0.6 is 0 Å². The fourth-order valence-corrected chi connectivity index (χ4v) is 5.89. The van der Waals surface area contributed by atoms with Gasteiger partial charge in [0, 0.05) is 16.6 Å². The maximum Gasteiger partial charge on any atom is 0.407 e. The van der Waals surface area contributed by atoms with Gasteiger partial charge in [-0.25, -0.2) is 28.8 Å². The fourth-order valence-electron chi connectivity index (χ4n) is 5.89. The minimum Gasteiger partial charge on any atom is -0.449 e. The normalized spacial score (nSPS) is 13.7. The van der Waals surface area contributed by atoms with Gasteiger partial charge in [0.25, 0.3) is 0 Å². The van der Waals surface area contributed by atoms with Gasteiger partial charge < -0.3 is 30.2 Å². The van der Waals surface area contributed by atoms with E-state index in [0.717, 1.165) is 0 Å². The van der Waals surface area contributed by atoms with E-state index in [-0.39, 0.29) is 26.2 Å². The number of hydrogen-bond donors (Lipinski definition) is 3. The van der Waals surface area contributed by atoms with E-state index in [0.29, 0.717) is 19.3 Å². The van der Waals surface area contributed by atoms with Crippen LogP contribution in [-0.4, -0.2) is 89.6 Å². The lowest BCUT2D eigenvalue weighted by Gasteiger charge is -2.35. The maximum absolute atomic E-state index is 12.9. The smallest absolute Gasteiger partial charge is 0.407 e. The number of isocyanates is 3. The molecule has 0 spiro atoms. The molecule has 272 valence electrons. The van der Waals surface area contributed by atoms with Gasteiger partial charge in [-0.3, -0.25) is 0 Å². The zero-order valence-corrected chi connectivity index (χ0v) is 31.0. The zero-order chi connectivity index (χ0) is 37.7. The van der Waals surface area contributed by atoms with E-state index in [2.05, 4.69) is 30.9 Å². The summed E-state index contributed by atoms with van der Waals surface area (Å²) in [6, 6.07) is 0. The quantitative estimate of drug-likeness (QED) is 0.0905. The Hall–Kier alpha value is -4.05. The second-order valence-corrected chi connectivity index (χ2v) is 16.2. The van der Waals surface area contributed by atoms with E-state index in [4.69, 9.17) is 14.2 Å². The van der Waals surface area contributed by atoms with E-state index < -0.39 is 56.9 Å². The molecule has 0 radical (unpaired) electrons. The Bertz CT molecular complexity index is 1120. The van der Waals surface area contributed by atoms with E-state index in [1.54, 1.807) is 108 Å². The average Bonchev–Trinajstić information content (AvgIpc) is 2.85. The highest BCUT2D eigenvalue weighted by Gasteiger charge is 2.38. The first kappa shape index (κ1) is 43.9. The summed E-state index contributed by atoms with van der Waals surface area (Å²) in [6.07, 6.45) is 3.44. The molecule has 15 heteroatoms. The predicted octanol–water partition coefficient (Wildman–Crippen LogP) is 5.41. The topological polar surface area (TPSA) is 203 Å². The van der Waals surface area contributed by atoms with Gasteiger partial charge in [-0.2, -0.15) is 15.0 Å². The van der Waals surface area contributed by atoms with Gasteiger partial charge in [0.05, 0.1) is 22.0 Å². The van der Waals surface area contributed by atoms with Crippen molar-refractivity contribution in [3.05, 3.63) is 0 Å². The fraction of sp³-hybridized carbons (Fsp3) is 0.818. The lowest BCUT2D eigenvalue weighted by Crippen LogP contribution is -2.51. The first-order valence-corrected chi connectivity index (χ1v) is 15.8. The molecule has 0 atom stereocenters. The SMILES string of the molecule is CCC(COC(=O)NC(C)(C)CC(C)(C)N=C=O)(COC(=O)NC(C)(C)CC(C)(C)N=C=O)COC(=O)NC(C)(C)CC(C)(C)N=C=O.